The maximum atomic E-state index is 13.3. The summed E-state index contributed by atoms with van der Waals surface area (Å²) >= 11 is 0. The Kier molecular flexibility index (Phi) is 3.29. The van der Waals surface area contributed by atoms with Crippen molar-refractivity contribution in [3.05, 3.63) is 30.1 Å². The second kappa shape index (κ2) is 4.45. The average molecular weight is 280 g/mol. The molecule has 0 radical (unpaired) electrons. The molecule has 1 aliphatic rings. The van der Waals surface area contributed by atoms with Crippen molar-refractivity contribution in [2.45, 2.75) is 50.9 Å². The maximum Gasteiger partial charge on any atom is 0.246 e. The average Bonchev–Trinajstić information content (AvgIpc) is 2.44. The number of primary amides is 1. The van der Waals surface area contributed by atoms with Crippen LogP contribution in [0.1, 0.15) is 34.1 Å². The number of ether oxygens (including phenoxy) is 1. The third-order valence-corrected chi connectivity index (χ3v) is 3.85. The van der Waals surface area contributed by atoms with Gasteiger partial charge in [0.1, 0.15) is 11.4 Å². The first-order valence-corrected chi connectivity index (χ1v) is 6.62. The Bertz CT molecular complexity index is 542. The first-order valence-electron chi connectivity index (χ1n) is 6.62. The van der Waals surface area contributed by atoms with E-state index in [9.17, 15) is 9.18 Å². The van der Waals surface area contributed by atoms with Crippen LogP contribution in [0.5, 0.6) is 0 Å². The van der Waals surface area contributed by atoms with Crippen molar-refractivity contribution in [3.63, 3.8) is 0 Å². The fourth-order valence-corrected chi connectivity index (χ4v) is 3.12. The lowest BCUT2D eigenvalue weighted by atomic mass is 9.78. The van der Waals surface area contributed by atoms with Gasteiger partial charge in [0.2, 0.25) is 5.91 Å². The van der Waals surface area contributed by atoms with Gasteiger partial charge in [-0.2, -0.15) is 0 Å². The van der Waals surface area contributed by atoms with Crippen LogP contribution in [0.4, 0.5) is 10.1 Å². The summed E-state index contributed by atoms with van der Waals surface area (Å²) in [5, 5.41) is 3.10. The first-order chi connectivity index (χ1) is 9.08. The van der Waals surface area contributed by atoms with Crippen LogP contribution in [0.3, 0.4) is 0 Å². The highest BCUT2D eigenvalue weighted by Crippen LogP contribution is 2.46. The Labute approximate surface area is 118 Å². The van der Waals surface area contributed by atoms with E-state index in [-0.39, 0.29) is 5.82 Å². The van der Waals surface area contributed by atoms with Crippen molar-refractivity contribution in [1.82, 2.24) is 0 Å². The molecule has 2 rings (SSSR count). The second-order valence-electron chi connectivity index (χ2n) is 6.45. The molecule has 4 nitrogen and oxygen atoms in total. The fraction of sp³-hybridized carbons (Fsp3) is 0.533. The van der Waals surface area contributed by atoms with Gasteiger partial charge < -0.3 is 15.8 Å². The Balaban J connectivity index is 2.44. The van der Waals surface area contributed by atoms with Crippen LogP contribution in [-0.2, 0) is 9.53 Å². The van der Waals surface area contributed by atoms with Crippen LogP contribution in [0.2, 0.25) is 0 Å². The molecule has 110 valence electrons. The molecule has 20 heavy (non-hydrogen) atoms. The first kappa shape index (κ1) is 14.8. The molecule has 1 aromatic rings. The molecule has 0 aromatic heterocycles. The van der Waals surface area contributed by atoms with Crippen LogP contribution >= 0.6 is 0 Å². The van der Waals surface area contributed by atoms with Gasteiger partial charge in [0.05, 0.1) is 11.2 Å². The van der Waals surface area contributed by atoms with E-state index < -0.39 is 22.6 Å². The molecule has 1 unspecified atom stereocenters. The number of carbonyl (C=O) groups is 1. The normalized spacial score (nSPS) is 27.2. The lowest BCUT2D eigenvalue weighted by Crippen LogP contribution is -2.61. The Morgan fingerprint density at radius 3 is 2.45 bits per heavy atom. The maximum absolute atomic E-state index is 13.3. The fourth-order valence-electron chi connectivity index (χ4n) is 3.12. The molecule has 1 aromatic carbocycles. The monoisotopic (exact) mass is 280 g/mol. The topological polar surface area (TPSA) is 64.3 Å². The number of nitrogens with two attached hydrogens (primary N) is 1. The Morgan fingerprint density at radius 1 is 1.35 bits per heavy atom. The summed E-state index contributed by atoms with van der Waals surface area (Å²) in [5.74, 6) is -0.872. The van der Waals surface area contributed by atoms with E-state index in [1.807, 2.05) is 27.7 Å². The highest BCUT2D eigenvalue weighted by atomic mass is 19.1. The van der Waals surface area contributed by atoms with Crippen molar-refractivity contribution < 1.29 is 13.9 Å². The number of nitrogens with one attached hydrogen (secondary N) is 1. The molecule has 1 fully saturated rings. The largest absolute Gasteiger partial charge is 0.369 e. The van der Waals surface area contributed by atoms with Crippen LogP contribution in [0.25, 0.3) is 0 Å². The van der Waals surface area contributed by atoms with Crippen molar-refractivity contribution >= 4 is 11.6 Å². The van der Waals surface area contributed by atoms with Crippen LogP contribution < -0.4 is 11.1 Å². The van der Waals surface area contributed by atoms with E-state index in [4.69, 9.17) is 10.5 Å². The van der Waals surface area contributed by atoms with E-state index in [2.05, 4.69) is 5.32 Å². The van der Waals surface area contributed by atoms with Gasteiger partial charge in [-0.05, 0) is 45.9 Å². The summed E-state index contributed by atoms with van der Waals surface area (Å²) in [6.45, 7) is 7.46. The number of hydrogen-bond donors (Lipinski definition) is 2. The van der Waals surface area contributed by atoms with E-state index in [0.717, 1.165) is 0 Å². The van der Waals surface area contributed by atoms with Crippen LogP contribution in [0, 0.1) is 5.82 Å². The zero-order chi connectivity index (χ0) is 15.2. The summed E-state index contributed by atoms with van der Waals surface area (Å²) in [4.78, 5) is 12.1. The quantitative estimate of drug-likeness (QED) is 0.893. The SMILES string of the molecule is CC1(C)CC(Nc2cccc(F)c2)(C(N)=O)C(C)(C)O1. The molecule has 0 bridgehead atoms. The van der Waals surface area contributed by atoms with E-state index in [0.29, 0.717) is 12.1 Å². The number of carbonyl (C=O) groups excluding carboxylic acids is 1. The standard InChI is InChI=1S/C15H21FN2O2/c1-13(2)9-15(12(17)19,14(3,4)20-13)18-11-7-5-6-10(16)8-11/h5-8,18H,9H2,1-4H3,(H2,17,19). The smallest absolute Gasteiger partial charge is 0.246 e. The van der Waals surface area contributed by atoms with Crippen molar-refractivity contribution in [2.24, 2.45) is 5.73 Å². The minimum atomic E-state index is -1.08. The number of benzene rings is 1. The summed E-state index contributed by atoms with van der Waals surface area (Å²) in [7, 11) is 0. The number of halogens is 1. The van der Waals surface area contributed by atoms with Gasteiger partial charge in [-0.1, -0.05) is 6.07 Å². The summed E-state index contributed by atoms with van der Waals surface area (Å²) < 4.78 is 19.3. The third-order valence-electron chi connectivity index (χ3n) is 3.85. The van der Waals surface area contributed by atoms with Gasteiger partial charge in [-0.3, -0.25) is 4.79 Å². The van der Waals surface area contributed by atoms with Crippen LogP contribution in [0.15, 0.2) is 24.3 Å². The molecule has 0 aliphatic carbocycles. The number of anilines is 1. The van der Waals surface area contributed by atoms with Gasteiger partial charge >= 0.3 is 0 Å². The molecule has 1 saturated heterocycles. The minimum Gasteiger partial charge on any atom is -0.369 e. The third kappa shape index (κ3) is 2.38. The highest BCUT2D eigenvalue weighted by molar-refractivity contribution is 5.90. The van der Waals surface area contributed by atoms with Crippen LogP contribution in [-0.4, -0.2) is 22.6 Å². The Morgan fingerprint density at radius 2 is 2.00 bits per heavy atom. The molecular weight excluding hydrogens is 259 g/mol. The predicted octanol–water partition coefficient (Wildman–Crippen LogP) is 2.44. The molecular formula is C15H21FN2O2. The zero-order valence-corrected chi connectivity index (χ0v) is 12.3. The van der Waals surface area contributed by atoms with Crippen molar-refractivity contribution in [3.8, 4) is 0 Å². The summed E-state index contributed by atoms with van der Waals surface area (Å²) in [5.41, 5.74) is 3.79. The number of rotatable bonds is 3. The molecule has 3 N–H and O–H groups in total. The molecule has 1 amide bonds. The Hall–Kier alpha value is -1.62. The lowest BCUT2D eigenvalue weighted by molar-refractivity contribution is -0.129. The molecule has 1 aliphatic heterocycles. The highest BCUT2D eigenvalue weighted by Gasteiger charge is 2.61. The van der Waals surface area contributed by atoms with E-state index in [1.54, 1.807) is 12.1 Å². The molecule has 5 heteroatoms. The predicted molar refractivity (Wildman–Crippen MR) is 75.8 cm³/mol. The summed E-state index contributed by atoms with van der Waals surface area (Å²) in [6.07, 6.45) is 0.416. The van der Waals surface area contributed by atoms with E-state index >= 15 is 0 Å². The number of hydrogen-bond acceptors (Lipinski definition) is 3. The van der Waals surface area contributed by atoms with Crippen molar-refractivity contribution in [1.29, 1.82) is 0 Å². The molecule has 0 saturated carbocycles. The number of amides is 1. The van der Waals surface area contributed by atoms with Crippen molar-refractivity contribution in [2.75, 3.05) is 5.32 Å². The van der Waals surface area contributed by atoms with E-state index in [1.165, 1.54) is 12.1 Å². The van der Waals surface area contributed by atoms with Gasteiger partial charge in [0.15, 0.2) is 0 Å². The van der Waals surface area contributed by atoms with Gasteiger partial charge in [-0.15, -0.1) is 0 Å². The molecule has 1 atom stereocenters. The lowest BCUT2D eigenvalue weighted by Gasteiger charge is -2.38. The second-order valence-corrected chi connectivity index (χ2v) is 6.45. The molecule has 1 heterocycles. The minimum absolute atomic E-state index is 0.370. The van der Waals surface area contributed by atoms with Gasteiger partial charge in [-0.25, -0.2) is 4.39 Å². The van der Waals surface area contributed by atoms with Gasteiger partial charge in [0.25, 0.3) is 0 Å². The van der Waals surface area contributed by atoms with Gasteiger partial charge in [0, 0.05) is 12.1 Å². The zero-order valence-electron chi connectivity index (χ0n) is 12.3. The molecule has 0 spiro atoms. The summed E-state index contributed by atoms with van der Waals surface area (Å²) in [6, 6.07) is 5.98.